The third-order valence-electron chi connectivity index (χ3n) is 2.96. The first-order valence-electron chi connectivity index (χ1n) is 6.21. The van der Waals surface area contributed by atoms with Crippen molar-refractivity contribution in [1.29, 1.82) is 0 Å². The van der Waals surface area contributed by atoms with Gasteiger partial charge in [0.25, 0.3) is 5.91 Å². The SMILES string of the molecule is CC(=O)Nc1cccc(NC(=O)c2occc2C)c1C. The minimum Gasteiger partial charge on any atom is -0.459 e. The van der Waals surface area contributed by atoms with Crippen molar-refractivity contribution in [3.05, 3.63) is 47.4 Å². The van der Waals surface area contributed by atoms with E-state index in [1.807, 2.05) is 6.92 Å². The highest BCUT2D eigenvalue weighted by Crippen LogP contribution is 2.24. The summed E-state index contributed by atoms with van der Waals surface area (Å²) >= 11 is 0. The van der Waals surface area contributed by atoms with Gasteiger partial charge in [0.05, 0.1) is 6.26 Å². The number of amides is 2. The monoisotopic (exact) mass is 272 g/mol. The number of carbonyl (C=O) groups is 2. The number of aryl methyl sites for hydroxylation is 1. The molecule has 5 heteroatoms. The van der Waals surface area contributed by atoms with Crippen molar-refractivity contribution in [3.8, 4) is 0 Å². The van der Waals surface area contributed by atoms with Gasteiger partial charge in [-0.05, 0) is 37.6 Å². The third-order valence-corrected chi connectivity index (χ3v) is 2.96. The minimum atomic E-state index is -0.310. The average Bonchev–Trinajstić information content (AvgIpc) is 2.80. The van der Waals surface area contributed by atoms with E-state index in [0.717, 1.165) is 11.1 Å². The van der Waals surface area contributed by atoms with Gasteiger partial charge in [-0.25, -0.2) is 0 Å². The van der Waals surface area contributed by atoms with E-state index in [4.69, 9.17) is 4.42 Å². The first-order chi connectivity index (χ1) is 9.49. The predicted molar refractivity (Wildman–Crippen MR) is 76.9 cm³/mol. The summed E-state index contributed by atoms with van der Waals surface area (Å²) in [6.07, 6.45) is 1.48. The number of anilines is 2. The molecule has 0 aliphatic rings. The zero-order valence-electron chi connectivity index (χ0n) is 11.6. The van der Waals surface area contributed by atoms with Crippen LogP contribution >= 0.6 is 0 Å². The van der Waals surface area contributed by atoms with Crippen LogP contribution in [0.4, 0.5) is 11.4 Å². The van der Waals surface area contributed by atoms with E-state index in [-0.39, 0.29) is 17.6 Å². The summed E-state index contributed by atoms with van der Waals surface area (Å²) in [5.74, 6) is -0.177. The van der Waals surface area contributed by atoms with Crippen molar-refractivity contribution in [1.82, 2.24) is 0 Å². The fraction of sp³-hybridized carbons (Fsp3) is 0.200. The molecule has 2 rings (SSSR count). The molecular formula is C15H16N2O3. The van der Waals surface area contributed by atoms with E-state index in [1.165, 1.54) is 13.2 Å². The molecule has 20 heavy (non-hydrogen) atoms. The lowest BCUT2D eigenvalue weighted by atomic mass is 10.1. The molecule has 1 aromatic carbocycles. The van der Waals surface area contributed by atoms with E-state index < -0.39 is 0 Å². The average molecular weight is 272 g/mol. The van der Waals surface area contributed by atoms with Crippen LogP contribution in [0.5, 0.6) is 0 Å². The number of rotatable bonds is 3. The van der Waals surface area contributed by atoms with Gasteiger partial charge in [0.2, 0.25) is 5.91 Å². The summed E-state index contributed by atoms with van der Waals surface area (Å²) in [6.45, 7) is 5.08. The Morgan fingerprint density at radius 1 is 1.05 bits per heavy atom. The molecule has 2 aromatic rings. The Labute approximate surface area is 117 Å². The van der Waals surface area contributed by atoms with Gasteiger partial charge in [-0.3, -0.25) is 9.59 Å². The zero-order valence-corrected chi connectivity index (χ0v) is 11.6. The number of benzene rings is 1. The fourth-order valence-corrected chi connectivity index (χ4v) is 1.88. The lowest BCUT2D eigenvalue weighted by molar-refractivity contribution is -0.114. The van der Waals surface area contributed by atoms with Crippen LogP contribution in [-0.2, 0) is 4.79 Å². The van der Waals surface area contributed by atoms with Gasteiger partial charge >= 0.3 is 0 Å². The quantitative estimate of drug-likeness (QED) is 0.901. The molecule has 2 N–H and O–H groups in total. The maximum Gasteiger partial charge on any atom is 0.291 e. The summed E-state index contributed by atoms with van der Waals surface area (Å²) in [5, 5.41) is 5.50. The highest BCUT2D eigenvalue weighted by Gasteiger charge is 2.14. The van der Waals surface area contributed by atoms with Gasteiger partial charge in [0, 0.05) is 23.9 Å². The number of carbonyl (C=O) groups excluding carboxylic acids is 2. The van der Waals surface area contributed by atoms with E-state index in [2.05, 4.69) is 10.6 Å². The molecular weight excluding hydrogens is 256 g/mol. The molecule has 2 amide bonds. The molecule has 1 heterocycles. The van der Waals surface area contributed by atoms with Gasteiger partial charge < -0.3 is 15.1 Å². The fourth-order valence-electron chi connectivity index (χ4n) is 1.88. The van der Waals surface area contributed by atoms with Crippen LogP contribution in [0.15, 0.2) is 34.9 Å². The Hall–Kier alpha value is -2.56. The van der Waals surface area contributed by atoms with E-state index >= 15 is 0 Å². The Bertz CT molecular complexity index is 659. The van der Waals surface area contributed by atoms with Gasteiger partial charge in [0.15, 0.2) is 5.76 Å². The molecule has 0 spiro atoms. The topological polar surface area (TPSA) is 71.3 Å². The molecule has 0 radical (unpaired) electrons. The maximum atomic E-state index is 12.1. The molecule has 0 saturated heterocycles. The van der Waals surface area contributed by atoms with Crippen LogP contribution in [0.2, 0.25) is 0 Å². The van der Waals surface area contributed by atoms with Crippen LogP contribution < -0.4 is 10.6 Å². The van der Waals surface area contributed by atoms with Gasteiger partial charge in [-0.2, -0.15) is 0 Å². The second kappa shape index (κ2) is 5.61. The van der Waals surface area contributed by atoms with Crippen molar-refractivity contribution in [2.75, 3.05) is 10.6 Å². The third kappa shape index (κ3) is 2.88. The predicted octanol–water partition coefficient (Wildman–Crippen LogP) is 3.11. The number of hydrogen-bond donors (Lipinski definition) is 2. The molecule has 0 saturated carbocycles. The molecule has 0 aliphatic heterocycles. The van der Waals surface area contributed by atoms with E-state index in [0.29, 0.717) is 11.4 Å². The summed E-state index contributed by atoms with van der Waals surface area (Å²) < 4.78 is 5.15. The van der Waals surface area contributed by atoms with Gasteiger partial charge in [-0.15, -0.1) is 0 Å². The normalized spacial score (nSPS) is 10.2. The summed E-state index contributed by atoms with van der Waals surface area (Å²) in [7, 11) is 0. The van der Waals surface area contributed by atoms with Crippen molar-refractivity contribution in [2.24, 2.45) is 0 Å². The lowest BCUT2D eigenvalue weighted by Gasteiger charge is -2.12. The molecule has 0 aliphatic carbocycles. The van der Waals surface area contributed by atoms with Crippen molar-refractivity contribution in [2.45, 2.75) is 20.8 Å². The molecule has 0 atom stereocenters. The number of nitrogens with one attached hydrogen (secondary N) is 2. The minimum absolute atomic E-state index is 0.154. The molecule has 5 nitrogen and oxygen atoms in total. The number of hydrogen-bond acceptors (Lipinski definition) is 3. The second-order valence-corrected chi connectivity index (χ2v) is 4.55. The lowest BCUT2D eigenvalue weighted by Crippen LogP contribution is -2.14. The van der Waals surface area contributed by atoms with Crippen LogP contribution in [0.1, 0.15) is 28.6 Å². The first-order valence-corrected chi connectivity index (χ1v) is 6.21. The molecule has 0 bridgehead atoms. The molecule has 0 unspecified atom stereocenters. The maximum absolute atomic E-state index is 12.1. The highest BCUT2D eigenvalue weighted by atomic mass is 16.3. The summed E-state index contributed by atoms with van der Waals surface area (Å²) in [4.78, 5) is 23.2. The van der Waals surface area contributed by atoms with Crippen LogP contribution in [0.3, 0.4) is 0 Å². The summed E-state index contributed by atoms with van der Waals surface area (Å²) in [6, 6.07) is 7.06. The zero-order chi connectivity index (χ0) is 14.7. The van der Waals surface area contributed by atoms with Crippen molar-refractivity contribution in [3.63, 3.8) is 0 Å². The largest absolute Gasteiger partial charge is 0.459 e. The smallest absolute Gasteiger partial charge is 0.291 e. The van der Waals surface area contributed by atoms with Crippen LogP contribution in [0, 0.1) is 13.8 Å². The Morgan fingerprint density at radius 2 is 1.70 bits per heavy atom. The van der Waals surface area contributed by atoms with Crippen molar-refractivity contribution >= 4 is 23.2 Å². The van der Waals surface area contributed by atoms with Crippen molar-refractivity contribution < 1.29 is 14.0 Å². The Morgan fingerprint density at radius 3 is 2.25 bits per heavy atom. The standard InChI is InChI=1S/C15H16N2O3/c1-9-7-8-20-14(9)15(19)17-13-6-4-5-12(10(13)2)16-11(3)18/h4-8H,1-3H3,(H,16,18)(H,17,19). The van der Waals surface area contributed by atoms with Crippen LogP contribution in [-0.4, -0.2) is 11.8 Å². The second-order valence-electron chi connectivity index (χ2n) is 4.55. The van der Waals surface area contributed by atoms with E-state index in [1.54, 1.807) is 31.2 Å². The first kappa shape index (κ1) is 13.9. The highest BCUT2D eigenvalue weighted by molar-refractivity contribution is 6.04. The Kier molecular flexibility index (Phi) is 3.89. The van der Waals surface area contributed by atoms with Crippen LogP contribution in [0.25, 0.3) is 0 Å². The Balaban J connectivity index is 2.24. The van der Waals surface area contributed by atoms with Gasteiger partial charge in [0.1, 0.15) is 0 Å². The molecule has 104 valence electrons. The summed E-state index contributed by atoms with van der Waals surface area (Å²) in [5.41, 5.74) is 2.88. The van der Waals surface area contributed by atoms with E-state index in [9.17, 15) is 9.59 Å². The number of furan rings is 1. The molecule has 0 fully saturated rings. The van der Waals surface area contributed by atoms with Gasteiger partial charge in [-0.1, -0.05) is 6.07 Å². The molecule has 1 aromatic heterocycles.